The average Bonchev–Trinajstić information content (AvgIpc) is 2.63. The maximum Gasteiger partial charge on any atom is 0.258 e. The van der Waals surface area contributed by atoms with Crippen molar-refractivity contribution in [3.8, 4) is 0 Å². The molecule has 0 saturated carbocycles. The molecule has 5 heteroatoms. The summed E-state index contributed by atoms with van der Waals surface area (Å²) in [6, 6.07) is 13.6. The zero-order valence-corrected chi connectivity index (χ0v) is 14.1. The SMILES string of the molecule is O=C(Nc1cccc(CN2CCC(CO)CC2)c1)c1ccccc1F. The minimum atomic E-state index is -0.525. The van der Waals surface area contributed by atoms with Gasteiger partial charge in [0.05, 0.1) is 5.56 Å². The second kappa shape index (κ2) is 8.23. The number of carbonyl (C=O) groups is 1. The lowest BCUT2D eigenvalue weighted by Gasteiger charge is -2.31. The van der Waals surface area contributed by atoms with Crippen molar-refractivity contribution in [2.75, 3.05) is 25.0 Å². The molecule has 0 aromatic heterocycles. The van der Waals surface area contributed by atoms with Gasteiger partial charge in [0, 0.05) is 18.8 Å². The van der Waals surface area contributed by atoms with Crippen LogP contribution in [0, 0.1) is 11.7 Å². The molecule has 0 bridgehead atoms. The van der Waals surface area contributed by atoms with Crippen LogP contribution in [0.3, 0.4) is 0 Å². The molecule has 0 radical (unpaired) electrons. The van der Waals surface area contributed by atoms with Crippen LogP contribution in [0.2, 0.25) is 0 Å². The van der Waals surface area contributed by atoms with Gasteiger partial charge in [0.2, 0.25) is 0 Å². The van der Waals surface area contributed by atoms with E-state index in [0.29, 0.717) is 11.6 Å². The third-order valence-electron chi connectivity index (χ3n) is 4.67. The summed E-state index contributed by atoms with van der Waals surface area (Å²) in [7, 11) is 0. The molecule has 2 N–H and O–H groups in total. The highest BCUT2D eigenvalue weighted by molar-refractivity contribution is 6.04. The van der Waals surface area contributed by atoms with E-state index in [2.05, 4.69) is 10.2 Å². The Balaban J connectivity index is 1.62. The molecule has 1 saturated heterocycles. The summed E-state index contributed by atoms with van der Waals surface area (Å²) in [5.41, 5.74) is 1.81. The summed E-state index contributed by atoms with van der Waals surface area (Å²) in [5.74, 6) is -0.551. The van der Waals surface area contributed by atoms with Crippen LogP contribution in [0.25, 0.3) is 0 Å². The predicted molar refractivity (Wildman–Crippen MR) is 95.9 cm³/mol. The van der Waals surface area contributed by atoms with Crippen molar-refractivity contribution < 1.29 is 14.3 Å². The second-order valence-corrected chi connectivity index (χ2v) is 6.54. The number of hydrogen-bond donors (Lipinski definition) is 2. The Labute approximate surface area is 147 Å². The Bertz CT molecular complexity index is 727. The number of benzene rings is 2. The average molecular weight is 342 g/mol. The predicted octanol–water partition coefficient (Wildman–Crippen LogP) is 3.28. The Morgan fingerprint density at radius 1 is 1.16 bits per heavy atom. The highest BCUT2D eigenvalue weighted by Gasteiger charge is 2.18. The highest BCUT2D eigenvalue weighted by Crippen LogP contribution is 2.20. The van der Waals surface area contributed by atoms with E-state index in [4.69, 9.17) is 0 Å². The van der Waals surface area contributed by atoms with Gasteiger partial charge in [0.25, 0.3) is 5.91 Å². The third kappa shape index (κ3) is 4.65. The summed E-state index contributed by atoms with van der Waals surface area (Å²) in [5, 5.41) is 12.0. The maximum absolute atomic E-state index is 13.7. The van der Waals surface area contributed by atoms with E-state index in [1.807, 2.05) is 18.2 Å². The monoisotopic (exact) mass is 342 g/mol. The number of piperidine rings is 1. The van der Waals surface area contributed by atoms with Gasteiger partial charge < -0.3 is 10.4 Å². The van der Waals surface area contributed by atoms with Crippen LogP contribution in [-0.2, 0) is 6.54 Å². The summed E-state index contributed by atoms with van der Waals surface area (Å²) in [6.45, 7) is 3.01. The first-order chi connectivity index (χ1) is 12.2. The first kappa shape index (κ1) is 17.6. The number of amides is 1. The molecular weight excluding hydrogens is 319 g/mol. The van der Waals surface area contributed by atoms with Crippen molar-refractivity contribution in [3.05, 3.63) is 65.5 Å². The number of nitrogens with one attached hydrogen (secondary N) is 1. The molecule has 1 aliphatic heterocycles. The number of hydrogen-bond acceptors (Lipinski definition) is 3. The van der Waals surface area contributed by atoms with Gasteiger partial charge in [-0.05, 0) is 61.7 Å². The Kier molecular flexibility index (Phi) is 5.79. The molecule has 0 aliphatic carbocycles. The van der Waals surface area contributed by atoms with Crippen LogP contribution < -0.4 is 5.32 Å². The lowest BCUT2D eigenvalue weighted by Crippen LogP contribution is -2.34. The molecule has 3 rings (SSSR count). The van der Waals surface area contributed by atoms with Crippen LogP contribution in [0.1, 0.15) is 28.8 Å². The van der Waals surface area contributed by atoms with Crippen LogP contribution >= 0.6 is 0 Å². The number of aliphatic hydroxyl groups excluding tert-OH is 1. The van der Waals surface area contributed by atoms with Gasteiger partial charge in [-0.1, -0.05) is 24.3 Å². The third-order valence-corrected chi connectivity index (χ3v) is 4.67. The van der Waals surface area contributed by atoms with Crippen LogP contribution in [0.5, 0.6) is 0 Å². The van der Waals surface area contributed by atoms with Gasteiger partial charge in [-0.2, -0.15) is 0 Å². The maximum atomic E-state index is 13.7. The number of likely N-dealkylation sites (tertiary alicyclic amines) is 1. The number of aliphatic hydroxyl groups is 1. The quantitative estimate of drug-likeness (QED) is 0.877. The van der Waals surface area contributed by atoms with Crippen LogP contribution in [-0.4, -0.2) is 35.6 Å². The van der Waals surface area contributed by atoms with Crippen molar-refractivity contribution in [2.45, 2.75) is 19.4 Å². The first-order valence-corrected chi connectivity index (χ1v) is 8.64. The van der Waals surface area contributed by atoms with E-state index >= 15 is 0 Å². The van der Waals surface area contributed by atoms with E-state index < -0.39 is 11.7 Å². The molecular formula is C20H23FN2O2. The molecule has 1 aliphatic rings. The zero-order valence-electron chi connectivity index (χ0n) is 14.1. The molecule has 0 atom stereocenters. The Morgan fingerprint density at radius 2 is 1.92 bits per heavy atom. The highest BCUT2D eigenvalue weighted by atomic mass is 19.1. The number of carbonyl (C=O) groups excluding carboxylic acids is 1. The van der Waals surface area contributed by atoms with Gasteiger partial charge >= 0.3 is 0 Å². The molecule has 25 heavy (non-hydrogen) atoms. The summed E-state index contributed by atoms with van der Waals surface area (Å²) in [6.07, 6.45) is 2.03. The molecule has 0 unspecified atom stereocenters. The molecule has 132 valence electrons. The summed E-state index contributed by atoms with van der Waals surface area (Å²) in [4.78, 5) is 14.6. The zero-order chi connectivity index (χ0) is 17.6. The molecule has 1 fully saturated rings. The fraction of sp³-hybridized carbons (Fsp3) is 0.350. The van der Waals surface area contributed by atoms with Crippen molar-refractivity contribution in [3.63, 3.8) is 0 Å². The topological polar surface area (TPSA) is 52.6 Å². The van der Waals surface area contributed by atoms with Crippen LogP contribution in [0.15, 0.2) is 48.5 Å². The van der Waals surface area contributed by atoms with Crippen molar-refractivity contribution in [2.24, 2.45) is 5.92 Å². The second-order valence-electron chi connectivity index (χ2n) is 6.54. The Hall–Kier alpha value is -2.24. The standard InChI is InChI=1S/C20H23FN2O2/c21-19-7-2-1-6-18(19)20(25)22-17-5-3-4-16(12-17)13-23-10-8-15(14-24)9-11-23/h1-7,12,15,24H,8-11,13-14H2,(H,22,25). The lowest BCUT2D eigenvalue weighted by atomic mass is 9.97. The van der Waals surface area contributed by atoms with Crippen molar-refractivity contribution >= 4 is 11.6 Å². The fourth-order valence-corrected chi connectivity index (χ4v) is 3.18. The van der Waals surface area contributed by atoms with Crippen molar-refractivity contribution in [1.82, 2.24) is 4.90 Å². The molecule has 1 heterocycles. The van der Waals surface area contributed by atoms with Crippen molar-refractivity contribution in [1.29, 1.82) is 0 Å². The molecule has 2 aromatic rings. The molecule has 2 aromatic carbocycles. The largest absolute Gasteiger partial charge is 0.396 e. The smallest absolute Gasteiger partial charge is 0.258 e. The van der Waals surface area contributed by atoms with Gasteiger partial charge in [0.1, 0.15) is 5.82 Å². The summed E-state index contributed by atoms with van der Waals surface area (Å²) < 4.78 is 13.7. The minimum absolute atomic E-state index is 0.0407. The van der Waals surface area contributed by atoms with E-state index in [9.17, 15) is 14.3 Å². The van der Waals surface area contributed by atoms with Gasteiger partial charge in [-0.3, -0.25) is 9.69 Å². The number of anilines is 1. The minimum Gasteiger partial charge on any atom is -0.396 e. The molecule has 4 nitrogen and oxygen atoms in total. The molecule has 1 amide bonds. The van der Waals surface area contributed by atoms with E-state index in [1.165, 1.54) is 12.1 Å². The summed E-state index contributed by atoms with van der Waals surface area (Å²) >= 11 is 0. The molecule has 0 spiro atoms. The van der Waals surface area contributed by atoms with E-state index in [1.54, 1.807) is 18.2 Å². The lowest BCUT2D eigenvalue weighted by molar-refractivity contribution is 0.102. The van der Waals surface area contributed by atoms with E-state index in [-0.39, 0.29) is 12.2 Å². The first-order valence-electron chi connectivity index (χ1n) is 8.64. The number of halogens is 1. The van der Waals surface area contributed by atoms with E-state index in [0.717, 1.165) is 38.0 Å². The van der Waals surface area contributed by atoms with Crippen LogP contribution in [0.4, 0.5) is 10.1 Å². The van der Waals surface area contributed by atoms with Gasteiger partial charge in [-0.25, -0.2) is 4.39 Å². The normalized spacial score (nSPS) is 15.9. The van der Waals surface area contributed by atoms with Gasteiger partial charge in [-0.15, -0.1) is 0 Å². The number of nitrogens with zero attached hydrogens (tertiary/aromatic N) is 1. The Morgan fingerprint density at radius 3 is 2.64 bits per heavy atom. The van der Waals surface area contributed by atoms with Gasteiger partial charge in [0.15, 0.2) is 0 Å². The number of rotatable bonds is 5. The fourth-order valence-electron chi connectivity index (χ4n) is 3.18.